The minimum Gasteiger partial charge on any atom is -0.481 e. The highest BCUT2D eigenvalue weighted by Crippen LogP contribution is 2.25. The van der Waals surface area contributed by atoms with Crippen LogP contribution in [-0.4, -0.2) is 48.8 Å². The number of hydrogen-bond acceptors (Lipinski definition) is 4. The van der Waals surface area contributed by atoms with Crippen LogP contribution in [0.15, 0.2) is 23.1 Å². The summed E-state index contributed by atoms with van der Waals surface area (Å²) in [4.78, 5) is 23.2. The third-order valence-corrected chi connectivity index (χ3v) is 7.02. The van der Waals surface area contributed by atoms with Gasteiger partial charge in [-0.2, -0.15) is 4.31 Å². The van der Waals surface area contributed by atoms with Crippen molar-refractivity contribution in [2.45, 2.75) is 57.4 Å². The predicted octanol–water partition coefficient (Wildman–Crippen LogP) is 2.07. The molecule has 0 bridgehead atoms. The van der Waals surface area contributed by atoms with Crippen molar-refractivity contribution in [3.05, 3.63) is 29.3 Å². The first kappa shape index (κ1) is 21.4. The van der Waals surface area contributed by atoms with Gasteiger partial charge < -0.3 is 10.4 Å². The van der Waals surface area contributed by atoms with E-state index in [1.165, 1.54) is 4.31 Å². The number of hydrogen-bond donors (Lipinski definition) is 2. The van der Waals surface area contributed by atoms with Crippen molar-refractivity contribution in [1.29, 1.82) is 0 Å². The van der Waals surface area contributed by atoms with E-state index in [1.807, 2.05) is 13.8 Å². The van der Waals surface area contributed by atoms with Crippen LogP contribution in [0, 0.1) is 19.8 Å². The fourth-order valence-corrected chi connectivity index (χ4v) is 4.71. The lowest BCUT2D eigenvalue weighted by molar-refractivity contribution is -0.137. The van der Waals surface area contributed by atoms with Gasteiger partial charge in [0.15, 0.2) is 0 Å². The molecule has 0 aliphatic carbocycles. The van der Waals surface area contributed by atoms with Gasteiger partial charge in [0.25, 0.3) is 0 Å². The van der Waals surface area contributed by atoms with Gasteiger partial charge in [0, 0.05) is 31.5 Å². The third kappa shape index (κ3) is 5.52. The van der Waals surface area contributed by atoms with Gasteiger partial charge in [-0.25, -0.2) is 8.42 Å². The minimum atomic E-state index is -3.56. The molecule has 0 aromatic heterocycles. The molecule has 1 aliphatic heterocycles. The fraction of sp³-hybridized carbons (Fsp3) is 0.579. The van der Waals surface area contributed by atoms with Gasteiger partial charge in [0.2, 0.25) is 15.9 Å². The number of benzene rings is 1. The van der Waals surface area contributed by atoms with E-state index in [2.05, 4.69) is 5.32 Å². The summed E-state index contributed by atoms with van der Waals surface area (Å²) in [5.74, 6) is -1.26. The molecular formula is C19H28N2O5S. The van der Waals surface area contributed by atoms with Crippen molar-refractivity contribution < 1.29 is 23.1 Å². The van der Waals surface area contributed by atoms with Crippen molar-refractivity contribution in [2.24, 2.45) is 5.92 Å². The van der Waals surface area contributed by atoms with Gasteiger partial charge in [-0.05, 0) is 63.3 Å². The number of piperidine rings is 1. The molecule has 7 nitrogen and oxygen atoms in total. The lowest BCUT2D eigenvalue weighted by atomic mass is 9.96. The highest BCUT2D eigenvalue weighted by molar-refractivity contribution is 7.89. The van der Waals surface area contributed by atoms with E-state index < -0.39 is 16.0 Å². The lowest BCUT2D eigenvalue weighted by Crippen LogP contribution is -2.44. The number of carbonyl (C=O) groups excluding carboxylic acids is 1. The van der Waals surface area contributed by atoms with Crippen LogP contribution < -0.4 is 5.32 Å². The first-order valence-corrected chi connectivity index (χ1v) is 10.6. The number of nitrogens with zero attached hydrogens (tertiary/aromatic N) is 1. The van der Waals surface area contributed by atoms with Crippen LogP contribution in [-0.2, 0) is 19.6 Å². The number of sulfonamides is 1. The van der Waals surface area contributed by atoms with Crippen molar-refractivity contribution in [3.63, 3.8) is 0 Å². The molecule has 2 rings (SSSR count). The molecule has 1 unspecified atom stereocenters. The van der Waals surface area contributed by atoms with Gasteiger partial charge >= 0.3 is 5.97 Å². The summed E-state index contributed by atoms with van der Waals surface area (Å²) < 4.78 is 27.1. The van der Waals surface area contributed by atoms with E-state index in [0.29, 0.717) is 32.4 Å². The second kappa shape index (κ2) is 8.84. The number of aliphatic carboxylic acids is 1. The zero-order valence-corrected chi connectivity index (χ0v) is 16.9. The smallest absolute Gasteiger partial charge is 0.303 e. The second-order valence-corrected chi connectivity index (χ2v) is 9.20. The van der Waals surface area contributed by atoms with Crippen LogP contribution in [0.2, 0.25) is 0 Å². The topological polar surface area (TPSA) is 104 Å². The summed E-state index contributed by atoms with van der Waals surface area (Å²) >= 11 is 0. The van der Waals surface area contributed by atoms with E-state index in [0.717, 1.165) is 11.1 Å². The molecule has 1 amide bonds. The number of carboxylic acids is 1. The Labute approximate surface area is 160 Å². The zero-order valence-electron chi connectivity index (χ0n) is 16.1. The van der Waals surface area contributed by atoms with Gasteiger partial charge in [-0.3, -0.25) is 9.59 Å². The number of carbonyl (C=O) groups is 2. The van der Waals surface area contributed by atoms with Crippen LogP contribution >= 0.6 is 0 Å². The van der Waals surface area contributed by atoms with E-state index in [-0.39, 0.29) is 29.2 Å². The van der Waals surface area contributed by atoms with Gasteiger partial charge in [-0.15, -0.1) is 0 Å². The maximum atomic E-state index is 12.8. The molecule has 27 heavy (non-hydrogen) atoms. The van der Waals surface area contributed by atoms with Crippen LogP contribution in [0.25, 0.3) is 0 Å². The molecule has 1 aromatic rings. The maximum absolute atomic E-state index is 12.8. The molecule has 150 valence electrons. The quantitative estimate of drug-likeness (QED) is 0.734. The SMILES string of the molecule is Cc1ccc(S(=O)(=O)N2CCC(C(=O)NC(C)CCC(=O)O)CC2)cc1C. The average molecular weight is 397 g/mol. The molecule has 1 saturated heterocycles. The third-order valence-electron chi connectivity index (χ3n) is 5.12. The van der Waals surface area contributed by atoms with Crippen molar-refractivity contribution >= 4 is 21.9 Å². The molecular weight excluding hydrogens is 368 g/mol. The summed E-state index contributed by atoms with van der Waals surface area (Å²) in [6, 6.07) is 4.90. The van der Waals surface area contributed by atoms with Gasteiger partial charge in [0.1, 0.15) is 0 Å². The van der Waals surface area contributed by atoms with Crippen molar-refractivity contribution in [1.82, 2.24) is 9.62 Å². The molecule has 0 saturated carbocycles. The maximum Gasteiger partial charge on any atom is 0.303 e. The molecule has 8 heteroatoms. The van der Waals surface area contributed by atoms with Crippen LogP contribution in [0.4, 0.5) is 0 Å². The molecule has 1 heterocycles. The van der Waals surface area contributed by atoms with Gasteiger partial charge in [0.05, 0.1) is 4.90 Å². The highest BCUT2D eigenvalue weighted by Gasteiger charge is 2.32. The van der Waals surface area contributed by atoms with Crippen molar-refractivity contribution in [2.75, 3.05) is 13.1 Å². The summed E-state index contributed by atoms with van der Waals surface area (Å²) in [6.07, 6.45) is 1.30. The summed E-state index contributed by atoms with van der Waals surface area (Å²) in [6.45, 7) is 6.21. The molecule has 1 atom stereocenters. The summed E-state index contributed by atoms with van der Waals surface area (Å²) in [5, 5.41) is 11.5. The number of aryl methyl sites for hydroxylation is 2. The molecule has 2 N–H and O–H groups in total. The van der Waals surface area contributed by atoms with E-state index >= 15 is 0 Å². The first-order valence-electron chi connectivity index (χ1n) is 9.21. The zero-order chi connectivity index (χ0) is 20.2. The molecule has 0 spiro atoms. The Hall–Kier alpha value is -1.93. The summed E-state index contributed by atoms with van der Waals surface area (Å²) in [7, 11) is -3.56. The number of amides is 1. The van der Waals surface area contributed by atoms with E-state index in [4.69, 9.17) is 5.11 Å². The van der Waals surface area contributed by atoms with Crippen molar-refractivity contribution in [3.8, 4) is 0 Å². The first-order chi connectivity index (χ1) is 12.6. The number of nitrogens with one attached hydrogen (secondary N) is 1. The monoisotopic (exact) mass is 396 g/mol. The average Bonchev–Trinajstić information content (AvgIpc) is 2.62. The Morgan fingerprint density at radius 2 is 1.85 bits per heavy atom. The Bertz CT molecular complexity index is 798. The Kier molecular flexibility index (Phi) is 7.00. The lowest BCUT2D eigenvalue weighted by Gasteiger charge is -2.31. The Morgan fingerprint density at radius 3 is 2.41 bits per heavy atom. The summed E-state index contributed by atoms with van der Waals surface area (Å²) in [5.41, 5.74) is 1.97. The number of rotatable bonds is 7. The fourth-order valence-electron chi connectivity index (χ4n) is 3.15. The Balaban J connectivity index is 1.93. The highest BCUT2D eigenvalue weighted by atomic mass is 32.2. The molecule has 1 fully saturated rings. The second-order valence-electron chi connectivity index (χ2n) is 7.27. The predicted molar refractivity (Wildman–Crippen MR) is 102 cm³/mol. The van der Waals surface area contributed by atoms with E-state index in [9.17, 15) is 18.0 Å². The minimum absolute atomic E-state index is 0.00804. The standard InChI is InChI=1S/C19H28N2O5S/c1-13-4-6-17(12-14(13)2)27(25,26)21-10-8-16(9-11-21)19(24)20-15(3)5-7-18(22)23/h4,6,12,15-16H,5,7-11H2,1-3H3,(H,20,24)(H,22,23). The van der Waals surface area contributed by atoms with Crippen LogP contribution in [0.3, 0.4) is 0 Å². The Morgan fingerprint density at radius 1 is 1.22 bits per heavy atom. The number of carboxylic acid groups (broad SMARTS) is 1. The van der Waals surface area contributed by atoms with Crippen LogP contribution in [0.1, 0.15) is 43.7 Å². The van der Waals surface area contributed by atoms with Crippen LogP contribution in [0.5, 0.6) is 0 Å². The van der Waals surface area contributed by atoms with E-state index in [1.54, 1.807) is 25.1 Å². The van der Waals surface area contributed by atoms with Gasteiger partial charge in [-0.1, -0.05) is 6.07 Å². The molecule has 0 radical (unpaired) electrons. The molecule has 1 aliphatic rings. The molecule has 1 aromatic carbocycles. The normalized spacial score (nSPS) is 17.4. The largest absolute Gasteiger partial charge is 0.481 e.